The van der Waals surface area contributed by atoms with Crippen molar-refractivity contribution in [3.05, 3.63) is 59.1 Å². The third-order valence-electron chi connectivity index (χ3n) is 2.82. The maximum Gasteiger partial charge on any atom is 0.0971 e. The summed E-state index contributed by atoms with van der Waals surface area (Å²) < 4.78 is 0. The maximum absolute atomic E-state index is 6.02. The molecule has 0 unspecified atom stereocenters. The van der Waals surface area contributed by atoms with E-state index in [4.69, 9.17) is 5.73 Å². The second kappa shape index (κ2) is 4.78. The van der Waals surface area contributed by atoms with E-state index < -0.39 is 0 Å². The smallest absolute Gasteiger partial charge is 0.0971 e. The molecule has 86 valence electrons. The van der Waals surface area contributed by atoms with Crippen LogP contribution in [0.25, 0.3) is 0 Å². The first kappa shape index (κ1) is 11.3. The fourth-order valence-corrected chi connectivity index (χ4v) is 1.96. The van der Waals surface area contributed by atoms with Crippen LogP contribution in [-0.4, -0.2) is 12.9 Å². The van der Waals surface area contributed by atoms with Gasteiger partial charge in [0.1, 0.15) is 0 Å². The number of allylic oxidation sites excluding steroid dienone is 5. The van der Waals surface area contributed by atoms with Crippen LogP contribution in [0.3, 0.4) is 0 Å². The Bertz CT molecular complexity index is 514. The van der Waals surface area contributed by atoms with Crippen LogP contribution in [0.2, 0.25) is 0 Å². The average Bonchev–Trinajstić information content (AvgIpc) is 2.63. The summed E-state index contributed by atoms with van der Waals surface area (Å²) >= 11 is 0. The molecule has 1 aliphatic carbocycles. The molecule has 0 atom stereocenters. The van der Waals surface area contributed by atoms with Gasteiger partial charge in [-0.05, 0) is 24.8 Å². The Kier molecular flexibility index (Phi) is 3.19. The first-order valence-corrected chi connectivity index (χ1v) is 5.49. The molecule has 1 heterocycles. The lowest BCUT2D eigenvalue weighted by atomic mass is 10.1. The van der Waals surface area contributed by atoms with E-state index >= 15 is 0 Å². The normalized spacial score (nSPS) is 19.4. The molecule has 0 amide bonds. The number of nitrogens with zero attached hydrogens (tertiary/aromatic N) is 2. The van der Waals surface area contributed by atoms with Gasteiger partial charge in [-0.3, -0.25) is 9.98 Å². The minimum Gasteiger partial charge on any atom is -0.401 e. The molecule has 0 radical (unpaired) electrons. The molecule has 0 aromatic rings. The van der Waals surface area contributed by atoms with Gasteiger partial charge in [0.15, 0.2) is 0 Å². The number of hydrogen-bond donors (Lipinski definition) is 1. The Balaban J connectivity index is 2.67. The van der Waals surface area contributed by atoms with Gasteiger partial charge in [0.05, 0.1) is 11.4 Å². The van der Waals surface area contributed by atoms with Gasteiger partial charge in [-0.25, -0.2) is 0 Å². The predicted octanol–water partition coefficient (Wildman–Crippen LogP) is 2.66. The summed E-state index contributed by atoms with van der Waals surface area (Å²) in [5.74, 6) is 0. The first-order chi connectivity index (χ1) is 8.27. The van der Waals surface area contributed by atoms with Crippen molar-refractivity contribution in [3.8, 4) is 0 Å². The first-order valence-electron chi connectivity index (χ1n) is 5.49. The Hall–Kier alpha value is -2.16. The zero-order chi connectivity index (χ0) is 12.3. The highest BCUT2D eigenvalue weighted by atomic mass is 14.8. The summed E-state index contributed by atoms with van der Waals surface area (Å²) in [6, 6.07) is 0. The topological polar surface area (TPSA) is 50.7 Å². The zero-order valence-corrected chi connectivity index (χ0v) is 9.69. The Morgan fingerprint density at radius 1 is 1.41 bits per heavy atom. The molecule has 0 aromatic heterocycles. The summed E-state index contributed by atoms with van der Waals surface area (Å²) in [5.41, 5.74) is 10.3. The highest BCUT2D eigenvalue weighted by molar-refractivity contribution is 5.75. The van der Waals surface area contributed by atoms with Crippen molar-refractivity contribution in [1.82, 2.24) is 0 Å². The molecule has 0 aromatic carbocycles. The van der Waals surface area contributed by atoms with Crippen molar-refractivity contribution in [2.45, 2.75) is 12.8 Å². The van der Waals surface area contributed by atoms with Crippen LogP contribution in [0.1, 0.15) is 12.8 Å². The molecule has 3 nitrogen and oxygen atoms in total. The van der Waals surface area contributed by atoms with Gasteiger partial charge >= 0.3 is 0 Å². The second-order valence-electron chi connectivity index (χ2n) is 3.84. The van der Waals surface area contributed by atoms with Gasteiger partial charge in [0.2, 0.25) is 0 Å². The number of nitrogens with two attached hydrogens (primary N) is 1. The van der Waals surface area contributed by atoms with Gasteiger partial charge in [0.25, 0.3) is 0 Å². The van der Waals surface area contributed by atoms with Crippen molar-refractivity contribution in [2.75, 3.05) is 0 Å². The Morgan fingerprint density at radius 2 is 2.24 bits per heavy atom. The average molecular weight is 225 g/mol. The molecule has 0 saturated carbocycles. The molecule has 1 aliphatic heterocycles. The van der Waals surface area contributed by atoms with E-state index in [0.29, 0.717) is 6.42 Å². The van der Waals surface area contributed by atoms with Crippen molar-refractivity contribution in [3.63, 3.8) is 0 Å². The summed E-state index contributed by atoms with van der Waals surface area (Å²) in [5, 5.41) is 0. The molecule has 2 N–H and O–H groups in total. The molecule has 17 heavy (non-hydrogen) atoms. The predicted molar refractivity (Wildman–Crippen MR) is 72.9 cm³/mol. The van der Waals surface area contributed by atoms with E-state index in [1.807, 2.05) is 6.08 Å². The van der Waals surface area contributed by atoms with E-state index in [0.717, 1.165) is 34.7 Å². The zero-order valence-electron chi connectivity index (χ0n) is 9.69. The monoisotopic (exact) mass is 225 g/mol. The van der Waals surface area contributed by atoms with Crippen LogP contribution < -0.4 is 5.73 Å². The lowest BCUT2D eigenvalue weighted by Crippen LogP contribution is -2.01. The van der Waals surface area contributed by atoms with E-state index in [1.54, 1.807) is 12.3 Å². The third-order valence-corrected chi connectivity index (χ3v) is 2.82. The van der Waals surface area contributed by atoms with Gasteiger partial charge in [0, 0.05) is 23.9 Å². The van der Waals surface area contributed by atoms with Crippen LogP contribution in [0.5, 0.6) is 0 Å². The van der Waals surface area contributed by atoms with Gasteiger partial charge in [-0.1, -0.05) is 24.8 Å². The summed E-state index contributed by atoms with van der Waals surface area (Å²) in [6.45, 7) is 7.40. The van der Waals surface area contributed by atoms with Crippen molar-refractivity contribution in [2.24, 2.45) is 15.7 Å². The molecule has 0 spiro atoms. The number of aliphatic imine (C=N–C) groups is 2. The van der Waals surface area contributed by atoms with Crippen LogP contribution in [-0.2, 0) is 0 Å². The van der Waals surface area contributed by atoms with Crippen LogP contribution >= 0.6 is 0 Å². The molecular weight excluding hydrogens is 210 g/mol. The third kappa shape index (κ3) is 2.04. The van der Waals surface area contributed by atoms with Gasteiger partial charge < -0.3 is 5.73 Å². The number of rotatable bonds is 2. The van der Waals surface area contributed by atoms with Gasteiger partial charge in [-0.15, -0.1) is 0 Å². The Labute approximate surface area is 101 Å². The molecule has 2 aliphatic rings. The highest BCUT2D eigenvalue weighted by Gasteiger charge is 2.18. The maximum atomic E-state index is 6.02. The van der Waals surface area contributed by atoms with Crippen LogP contribution in [0.4, 0.5) is 0 Å². The number of hydrogen-bond acceptors (Lipinski definition) is 3. The van der Waals surface area contributed by atoms with E-state index in [-0.39, 0.29) is 0 Å². The molecule has 0 saturated heterocycles. The fourth-order valence-electron chi connectivity index (χ4n) is 1.96. The van der Waals surface area contributed by atoms with E-state index in [1.165, 1.54) is 0 Å². The van der Waals surface area contributed by atoms with Crippen molar-refractivity contribution >= 4 is 12.9 Å². The Morgan fingerprint density at radius 3 is 2.94 bits per heavy atom. The quantitative estimate of drug-likeness (QED) is 0.722. The molecule has 0 fully saturated rings. The van der Waals surface area contributed by atoms with Gasteiger partial charge in [-0.2, -0.15) is 0 Å². The molecule has 2 rings (SSSR count). The molecule has 3 heteroatoms. The second-order valence-corrected chi connectivity index (χ2v) is 3.84. The summed E-state index contributed by atoms with van der Waals surface area (Å²) in [4.78, 5) is 8.49. The summed E-state index contributed by atoms with van der Waals surface area (Å²) in [7, 11) is 0. The van der Waals surface area contributed by atoms with Crippen LogP contribution in [0.15, 0.2) is 69.1 Å². The minimum absolute atomic E-state index is 0.697. The van der Waals surface area contributed by atoms with Crippen molar-refractivity contribution in [1.29, 1.82) is 0 Å². The molecule has 0 bridgehead atoms. The van der Waals surface area contributed by atoms with Crippen LogP contribution in [0, 0.1) is 0 Å². The lowest BCUT2D eigenvalue weighted by molar-refractivity contribution is 1.12. The van der Waals surface area contributed by atoms with E-state index in [9.17, 15) is 0 Å². The van der Waals surface area contributed by atoms with Crippen molar-refractivity contribution < 1.29 is 0 Å². The standard InChI is InChI=1S/C14H15N3/c1-3-11-12(15)8-7-10-6-4-5-9-17-13(10)14(11)16-2/h3-5,7,9H,1-2,6,8,15H2. The molecular formula is C14H15N3. The lowest BCUT2D eigenvalue weighted by Gasteiger charge is -2.08. The summed E-state index contributed by atoms with van der Waals surface area (Å²) in [6.07, 6.45) is 11.1. The SMILES string of the molecule is C=CC1=C(N)CC=C2CC=CC=NC2=C1N=C. The minimum atomic E-state index is 0.697. The van der Waals surface area contributed by atoms with E-state index in [2.05, 4.69) is 35.4 Å². The number of fused-ring (bicyclic) bond motifs is 1. The largest absolute Gasteiger partial charge is 0.401 e. The fraction of sp³-hybridized carbons (Fsp3) is 0.143. The highest BCUT2D eigenvalue weighted by Crippen LogP contribution is 2.32.